The van der Waals surface area contributed by atoms with E-state index in [0.29, 0.717) is 17.5 Å². The van der Waals surface area contributed by atoms with Gasteiger partial charge in [0.25, 0.3) is 5.91 Å². The van der Waals surface area contributed by atoms with Gasteiger partial charge in [-0.05, 0) is 43.2 Å². The number of hydrogen-bond donors (Lipinski definition) is 0. The van der Waals surface area contributed by atoms with Crippen molar-refractivity contribution in [3.63, 3.8) is 0 Å². The third-order valence-corrected chi connectivity index (χ3v) is 6.17. The lowest BCUT2D eigenvalue weighted by atomic mass is 10.1. The monoisotopic (exact) mass is 361 g/mol. The van der Waals surface area contributed by atoms with Gasteiger partial charge < -0.3 is 4.90 Å². The number of sulfone groups is 1. The van der Waals surface area contributed by atoms with Gasteiger partial charge in [-0.3, -0.25) is 4.79 Å². The van der Waals surface area contributed by atoms with E-state index in [0.717, 1.165) is 5.56 Å². The molecule has 0 aromatic heterocycles. The Morgan fingerprint density at radius 3 is 2.60 bits per heavy atom. The predicted molar refractivity (Wildman–Crippen MR) is 94.5 cm³/mol. The number of carbonyl (C=O) groups is 1. The van der Waals surface area contributed by atoms with Crippen molar-refractivity contribution in [2.75, 3.05) is 11.5 Å². The number of amides is 1. The number of halogens is 1. The van der Waals surface area contributed by atoms with Crippen LogP contribution in [0.25, 0.3) is 0 Å². The number of carbonyl (C=O) groups excluding carboxylic acids is 1. The van der Waals surface area contributed by atoms with Crippen molar-refractivity contribution in [2.45, 2.75) is 25.9 Å². The molecule has 4 nitrogen and oxygen atoms in total. The van der Waals surface area contributed by atoms with Crippen LogP contribution in [0, 0.1) is 12.7 Å². The van der Waals surface area contributed by atoms with Crippen LogP contribution in [0.3, 0.4) is 0 Å². The van der Waals surface area contributed by atoms with Crippen LogP contribution in [0.4, 0.5) is 4.39 Å². The van der Waals surface area contributed by atoms with Crippen molar-refractivity contribution in [1.82, 2.24) is 4.90 Å². The molecule has 0 N–H and O–H groups in total. The Morgan fingerprint density at radius 2 is 1.96 bits per heavy atom. The van der Waals surface area contributed by atoms with Gasteiger partial charge in [0.1, 0.15) is 5.82 Å². The van der Waals surface area contributed by atoms with Crippen molar-refractivity contribution in [2.24, 2.45) is 0 Å². The molecule has 1 aliphatic rings. The van der Waals surface area contributed by atoms with Crippen molar-refractivity contribution in [1.29, 1.82) is 0 Å². The second-order valence-electron chi connectivity index (χ2n) is 6.49. The van der Waals surface area contributed by atoms with E-state index in [1.54, 1.807) is 35.2 Å². The number of rotatable bonds is 4. The summed E-state index contributed by atoms with van der Waals surface area (Å²) in [4.78, 5) is 14.6. The van der Waals surface area contributed by atoms with Gasteiger partial charge in [-0.1, -0.05) is 29.8 Å². The average molecular weight is 361 g/mol. The predicted octanol–water partition coefficient (Wildman–Crippen LogP) is 2.96. The molecular weight excluding hydrogens is 341 g/mol. The van der Waals surface area contributed by atoms with Gasteiger partial charge in [0, 0.05) is 18.2 Å². The van der Waals surface area contributed by atoms with Crippen molar-refractivity contribution in [3.05, 3.63) is 71.0 Å². The van der Waals surface area contributed by atoms with Crippen molar-refractivity contribution in [3.8, 4) is 0 Å². The molecule has 3 rings (SSSR count). The fourth-order valence-electron chi connectivity index (χ4n) is 3.16. The van der Waals surface area contributed by atoms with Gasteiger partial charge in [-0.15, -0.1) is 0 Å². The SMILES string of the molecule is Cc1cccc(C(=O)N(Cc2cccc(F)c2)C2CCS(=O)(=O)C2)c1. The smallest absolute Gasteiger partial charge is 0.254 e. The van der Waals surface area contributed by atoms with Crippen molar-refractivity contribution < 1.29 is 17.6 Å². The van der Waals surface area contributed by atoms with Crippen LogP contribution < -0.4 is 0 Å². The first-order chi connectivity index (χ1) is 11.8. The Balaban J connectivity index is 1.92. The first-order valence-corrected chi connectivity index (χ1v) is 9.99. The maximum atomic E-state index is 13.5. The fraction of sp³-hybridized carbons (Fsp3) is 0.316. The molecule has 1 heterocycles. The van der Waals surface area contributed by atoms with Crippen LogP contribution >= 0.6 is 0 Å². The molecule has 1 fully saturated rings. The van der Waals surface area contributed by atoms with Crippen LogP contribution in [-0.2, 0) is 16.4 Å². The maximum Gasteiger partial charge on any atom is 0.254 e. The van der Waals surface area contributed by atoms with Crippen LogP contribution in [0.2, 0.25) is 0 Å². The van der Waals surface area contributed by atoms with E-state index in [4.69, 9.17) is 0 Å². The molecule has 1 amide bonds. The Kier molecular flexibility index (Phi) is 4.90. The van der Waals surface area contributed by atoms with Crippen LogP contribution in [-0.4, -0.2) is 36.8 Å². The summed E-state index contributed by atoms with van der Waals surface area (Å²) in [5, 5.41) is 0. The van der Waals surface area contributed by atoms with E-state index >= 15 is 0 Å². The Morgan fingerprint density at radius 1 is 1.20 bits per heavy atom. The largest absolute Gasteiger partial charge is 0.330 e. The third-order valence-electron chi connectivity index (χ3n) is 4.42. The normalized spacial score (nSPS) is 18.9. The molecule has 132 valence electrons. The van der Waals surface area contributed by atoms with Gasteiger partial charge in [-0.25, -0.2) is 12.8 Å². The van der Waals surface area contributed by atoms with Gasteiger partial charge in [0.2, 0.25) is 0 Å². The lowest BCUT2D eigenvalue weighted by Gasteiger charge is -2.28. The van der Waals surface area contributed by atoms with Gasteiger partial charge in [0.05, 0.1) is 11.5 Å². The summed E-state index contributed by atoms with van der Waals surface area (Å²) in [6.07, 6.45) is 0.412. The zero-order valence-corrected chi connectivity index (χ0v) is 14.8. The van der Waals surface area contributed by atoms with Crippen LogP contribution in [0.1, 0.15) is 27.9 Å². The highest BCUT2D eigenvalue weighted by Gasteiger charge is 2.35. The van der Waals surface area contributed by atoms with Gasteiger partial charge >= 0.3 is 0 Å². The molecule has 0 saturated carbocycles. The molecule has 0 bridgehead atoms. The van der Waals surface area contributed by atoms with Crippen LogP contribution in [0.5, 0.6) is 0 Å². The topological polar surface area (TPSA) is 54.5 Å². The van der Waals surface area contributed by atoms with E-state index in [1.807, 2.05) is 13.0 Å². The minimum atomic E-state index is -3.13. The summed E-state index contributed by atoms with van der Waals surface area (Å²) < 4.78 is 37.2. The lowest BCUT2D eigenvalue weighted by Crippen LogP contribution is -2.40. The highest BCUT2D eigenvalue weighted by atomic mass is 32.2. The summed E-state index contributed by atoms with van der Waals surface area (Å²) in [6, 6.07) is 12.9. The summed E-state index contributed by atoms with van der Waals surface area (Å²) in [5.74, 6) is -0.562. The highest BCUT2D eigenvalue weighted by Crippen LogP contribution is 2.23. The Hall–Kier alpha value is -2.21. The van der Waals surface area contributed by atoms with Crippen LogP contribution in [0.15, 0.2) is 48.5 Å². The summed E-state index contributed by atoms with van der Waals surface area (Å²) >= 11 is 0. The Labute approximate surface area is 147 Å². The van der Waals surface area contributed by atoms with E-state index in [2.05, 4.69) is 0 Å². The Bertz CT molecular complexity index is 895. The standard InChI is InChI=1S/C19H20FNO3S/c1-14-4-2-6-16(10-14)19(22)21(18-8-9-25(23,24)13-18)12-15-5-3-7-17(20)11-15/h2-7,10-11,18H,8-9,12-13H2,1H3. The number of hydrogen-bond acceptors (Lipinski definition) is 3. The van der Waals surface area contributed by atoms with E-state index in [1.165, 1.54) is 12.1 Å². The molecule has 2 aromatic carbocycles. The van der Waals surface area contributed by atoms with E-state index in [9.17, 15) is 17.6 Å². The zero-order chi connectivity index (χ0) is 18.0. The molecule has 0 spiro atoms. The number of benzene rings is 2. The first kappa shape index (κ1) is 17.6. The molecule has 1 atom stereocenters. The lowest BCUT2D eigenvalue weighted by molar-refractivity contribution is 0.0680. The molecule has 1 saturated heterocycles. The maximum absolute atomic E-state index is 13.5. The first-order valence-electron chi connectivity index (χ1n) is 8.16. The van der Waals surface area contributed by atoms with E-state index < -0.39 is 9.84 Å². The second kappa shape index (κ2) is 6.96. The fourth-order valence-corrected chi connectivity index (χ4v) is 4.89. The molecule has 0 aliphatic carbocycles. The second-order valence-corrected chi connectivity index (χ2v) is 8.72. The van der Waals surface area contributed by atoms with Gasteiger partial charge in [0.15, 0.2) is 9.84 Å². The van der Waals surface area contributed by atoms with Gasteiger partial charge in [-0.2, -0.15) is 0 Å². The third kappa shape index (κ3) is 4.25. The van der Waals surface area contributed by atoms with Crippen molar-refractivity contribution >= 4 is 15.7 Å². The minimum absolute atomic E-state index is 0.0418. The molecule has 6 heteroatoms. The molecule has 25 heavy (non-hydrogen) atoms. The summed E-state index contributed by atoms with van der Waals surface area (Å²) in [7, 11) is -3.13. The summed E-state index contributed by atoms with van der Waals surface area (Å²) in [6.45, 7) is 2.08. The molecule has 2 aromatic rings. The number of nitrogens with zero attached hydrogens (tertiary/aromatic N) is 1. The summed E-state index contributed by atoms with van der Waals surface area (Å²) in [5.41, 5.74) is 2.11. The molecule has 0 radical (unpaired) electrons. The highest BCUT2D eigenvalue weighted by molar-refractivity contribution is 7.91. The number of aryl methyl sites for hydroxylation is 1. The molecule has 1 unspecified atom stereocenters. The minimum Gasteiger partial charge on any atom is -0.330 e. The van der Waals surface area contributed by atoms with E-state index in [-0.39, 0.29) is 35.8 Å². The molecular formula is C19H20FNO3S. The average Bonchev–Trinajstić information content (AvgIpc) is 2.92. The molecule has 1 aliphatic heterocycles. The quantitative estimate of drug-likeness (QED) is 0.841. The zero-order valence-electron chi connectivity index (χ0n) is 14.0.